The highest BCUT2D eigenvalue weighted by Crippen LogP contribution is 2.23. The highest BCUT2D eigenvalue weighted by molar-refractivity contribution is 5.69. The van der Waals surface area contributed by atoms with Gasteiger partial charge in [0, 0.05) is 11.9 Å². The van der Waals surface area contributed by atoms with Gasteiger partial charge >= 0.3 is 0 Å². The van der Waals surface area contributed by atoms with Gasteiger partial charge in [0.05, 0.1) is 5.69 Å². The molecule has 0 fully saturated rings. The van der Waals surface area contributed by atoms with E-state index in [1.165, 1.54) is 4.80 Å². The molecular weight excluding hydrogens is 300 g/mol. The van der Waals surface area contributed by atoms with Crippen molar-refractivity contribution in [2.75, 3.05) is 5.73 Å². The third kappa shape index (κ3) is 2.72. The maximum absolute atomic E-state index is 5.87. The lowest BCUT2D eigenvalue weighted by atomic mass is 10.0. The van der Waals surface area contributed by atoms with Crippen molar-refractivity contribution in [3.8, 4) is 28.3 Å². The minimum absolute atomic E-state index is 0.491. The summed E-state index contributed by atoms with van der Waals surface area (Å²) in [5.41, 5.74) is 10.2. The molecule has 6 heteroatoms. The molecule has 2 N–H and O–H groups in total. The minimum Gasteiger partial charge on any atom is -0.399 e. The molecule has 4 aromatic rings. The third-order valence-electron chi connectivity index (χ3n) is 3.60. The maximum Gasteiger partial charge on any atom is 0.223 e. The molecule has 4 rings (SSSR count). The number of pyridine rings is 1. The average Bonchev–Trinajstić information content (AvgIpc) is 3.13. The van der Waals surface area contributed by atoms with E-state index in [1.807, 2.05) is 66.7 Å². The van der Waals surface area contributed by atoms with E-state index in [0.717, 1.165) is 22.5 Å². The Labute approximate surface area is 138 Å². The smallest absolute Gasteiger partial charge is 0.223 e. The lowest BCUT2D eigenvalue weighted by Gasteiger charge is -2.05. The van der Waals surface area contributed by atoms with E-state index in [9.17, 15) is 0 Å². The van der Waals surface area contributed by atoms with Crippen LogP contribution in [0.2, 0.25) is 0 Å². The topological polar surface area (TPSA) is 82.5 Å². The quantitative estimate of drug-likeness (QED) is 0.588. The van der Waals surface area contributed by atoms with Crippen LogP contribution in [0.1, 0.15) is 0 Å². The normalized spacial score (nSPS) is 10.7. The van der Waals surface area contributed by atoms with Crippen LogP contribution in [-0.2, 0) is 0 Å². The van der Waals surface area contributed by atoms with Gasteiger partial charge in [0.2, 0.25) is 5.82 Å². The fourth-order valence-corrected chi connectivity index (χ4v) is 2.45. The molecule has 0 unspecified atom stereocenters. The molecule has 0 atom stereocenters. The van der Waals surface area contributed by atoms with Crippen LogP contribution in [0.25, 0.3) is 28.3 Å². The summed E-state index contributed by atoms with van der Waals surface area (Å²) < 4.78 is 0. The average molecular weight is 314 g/mol. The van der Waals surface area contributed by atoms with Crippen molar-refractivity contribution in [3.05, 3.63) is 72.9 Å². The van der Waals surface area contributed by atoms with Crippen LogP contribution in [0, 0.1) is 0 Å². The van der Waals surface area contributed by atoms with E-state index in [4.69, 9.17) is 5.73 Å². The molecule has 0 aliphatic carbocycles. The van der Waals surface area contributed by atoms with Gasteiger partial charge in [-0.2, -0.15) is 0 Å². The van der Waals surface area contributed by atoms with E-state index in [0.29, 0.717) is 11.5 Å². The Bertz CT molecular complexity index is 977. The number of nitrogens with two attached hydrogens (primary N) is 1. The van der Waals surface area contributed by atoms with Crippen LogP contribution < -0.4 is 5.73 Å². The number of nitrogens with zero attached hydrogens (tertiary/aromatic N) is 5. The first kappa shape index (κ1) is 14.1. The van der Waals surface area contributed by atoms with E-state index >= 15 is 0 Å². The van der Waals surface area contributed by atoms with Crippen LogP contribution >= 0.6 is 0 Å². The first-order valence-corrected chi connectivity index (χ1v) is 7.47. The zero-order valence-corrected chi connectivity index (χ0v) is 12.7. The minimum atomic E-state index is 0.491. The molecule has 0 saturated carbocycles. The summed E-state index contributed by atoms with van der Waals surface area (Å²) in [6.45, 7) is 0. The van der Waals surface area contributed by atoms with Gasteiger partial charge in [-0.05, 0) is 52.7 Å². The van der Waals surface area contributed by atoms with Crippen molar-refractivity contribution in [1.82, 2.24) is 25.2 Å². The molecule has 0 bridgehead atoms. The van der Waals surface area contributed by atoms with E-state index in [1.54, 1.807) is 6.20 Å². The Morgan fingerprint density at radius 3 is 2.46 bits per heavy atom. The van der Waals surface area contributed by atoms with Crippen molar-refractivity contribution in [1.29, 1.82) is 0 Å². The summed E-state index contributed by atoms with van der Waals surface area (Å²) in [5.74, 6) is 0.491. The predicted molar refractivity (Wildman–Crippen MR) is 92.2 cm³/mol. The fourth-order valence-electron chi connectivity index (χ4n) is 2.45. The van der Waals surface area contributed by atoms with Crippen molar-refractivity contribution >= 4 is 5.69 Å². The molecule has 0 spiro atoms. The van der Waals surface area contributed by atoms with Crippen LogP contribution in [0.5, 0.6) is 0 Å². The summed E-state index contributed by atoms with van der Waals surface area (Å²) in [6, 6.07) is 21.3. The number of nitrogen functional groups attached to an aromatic ring is 1. The van der Waals surface area contributed by atoms with Crippen LogP contribution in [0.15, 0.2) is 72.9 Å². The number of benzene rings is 2. The SMILES string of the molecule is Nc1cccc(-c2cccc(-n3nnc(-c4ccccn4)n3)c2)c1. The van der Waals surface area contributed by atoms with Crippen molar-refractivity contribution < 1.29 is 0 Å². The molecule has 2 aromatic heterocycles. The summed E-state index contributed by atoms with van der Waals surface area (Å²) >= 11 is 0. The molecule has 0 aliphatic rings. The molecule has 0 radical (unpaired) electrons. The van der Waals surface area contributed by atoms with Crippen LogP contribution in [0.4, 0.5) is 5.69 Å². The monoisotopic (exact) mass is 314 g/mol. The summed E-state index contributed by atoms with van der Waals surface area (Å²) in [4.78, 5) is 5.74. The predicted octanol–water partition coefficient (Wildman–Crippen LogP) is 2.97. The second-order valence-corrected chi connectivity index (χ2v) is 5.29. The molecule has 2 aromatic carbocycles. The molecular formula is C18H14N6. The molecule has 0 amide bonds. The van der Waals surface area contributed by atoms with Gasteiger partial charge in [0.1, 0.15) is 5.69 Å². The van der Waals surface area contributed by atoms with Gasteiger partial charge < -0.3 is 5.73 Å². The van der Waals surface area contributed by atoms with Gasteiger partial charge in [0.15, 0.2) is 0 Å². The number of anilines is 1. The molecule has 2 heterocycles. The van der Waals surface area contributed by atoms with E-state index in [-0.39, 0.29) is 0 Å². The molecule has 0 aliphatic heterocycles. The van der Waals surface area contributed by atoms with Gasteiger partial charge in [-0.1, -0.05) is 30.3 Å². The largest absolute Gasteiger partial charge is 0.399 e. The number of tetrazole rings is 1. The Balaban J connectivity index is 1.71. The Morgan fingerprint density at radius 2 is 1.67 bits per heavy atom. The second-order valence-electron chi connectivity index (χ2n) is 5.29. The highest BCUT2D eigenvalue weighted by atomic mass is 15.6. The zero-order chi connectivity index (χ0) is 16.4. The third-order valence-corrected chi connectivity index (χ3v) is 3.60. The van der Waals surface area contributed by atoms with Crippen molar-refractivity contribution in [2.45, 2.75) is 0 Å². The first-order chi connectivity index (χ1) is 11.8. The van der Waals surface area contributed by atoms with Gasteiger partial charge in [0.25, 0.3) is 0 Å². The van der Waals surface area contributed by atoms with Gasteiger partial charge in [-0.25, -0.2) is 0 Å². The maximum atomic E-state index is 5.87. The van der Waals surface area contributed by atoms with Crippen molar-refractivity contribution in [2.24, 2.45) is 0 Å². The lowest BCUT2D eigenvalue weighted by Crippen LogP contribution is -1.99. The summed E-state index contributed by atoms with van der Waals surface area (Å²) in [5, 5.41) is 12.6. The Kier molecular flexibility index (Phi) is 3.47. The fraction of sp³-hybridized carbons (Fsp3) is 0. The van der Waals surface area contributed by atoms with E-state index < -0.39 is 0 Å². The Morgan fingerprint density at radius 1 is 0.833 bits per heavy atom. The first-order valence-electron chi connectivity index (χ1n) is 7.47. The second kappa shape index (κ2) is 5.92. The van der Waals surface area contributed by atoms with Crippen molar-refractivity contribution in [3.63, 3.8) is 0 Å². The molecule has 24 heavy (non-hydrogen) atoms. The number of rotatable bonds is 3. The Hall–Kier alpha value is -3.54. The number of hydrogen-bond donors (Lipinski definition) is 1. The number of aromatic nitrogens is 5. The lowest BCUT2D eigenvalue weighted by molar-refractivity contribution is 0.720. The van der Waals surface area contributed by atoms with Crippen LogP contribution in [0.3, 0.4) is 0 Å². The molecule has 116 valence electrons. The molecule has 6 nitrogen and oxygen atoms in total. The van der Waals surface area contributed by atoms with Crippen LogP contribution in [-0.4, -0.2) is 25.2 Å². The standard InChI is InChI=1S/C18H14N6/c19-15-7-3-5-13(11-15)14-6-4-8-16(12-14)24-22-18(21-23-24)17-9-1-2-10-20-17/h1-12H,19H2. The summed E-state index contributed by atoms with van der Waals surface area (Å²) in [6.07, 6.45) is 1.70. The highest BCUT2D eigenvalue weighted by Gasteiger charge is 2.09. The van der Waals surface area contributed by atoms with E-state index in [2.05, 4.69) is 20.4 Å². The summed E-state index contributed by atoms with van der Waals surface area (Å²) in [7, 11) is 0. The molecule has 0 saturated heterocycles. The number of hydrogen-bond acceptors (Lipinski definition) is 5. The van der Waals surface area contributed by atoms with Gasteiger partial charge in [-0.3, -0.25) is 4.98 Å². The van der Waals surface area contributed by atoms with Gasteiger partial charge in [-0.15, -0.1) is 15.0 Å². The zero-order valence-electron chi connectivity index (χ0n) is 12.7.